The number of hydrogen-bond acceptors (Lipinski definition) is 2. The molecule has 0 saturated carbocycles. The molecule has 1 heterocycles. The van der Waals surface area contributed by atoms with E-state index in [0.717, 1.165) is 16.8 Å². The lowest BCUT2D eigenvalue weighted by Crippen LogP contribution is -1.98. The van der Waals surface area contributed by atoms with Crippen LogP contribution in [0.2, 0.25) is 5.15 Å². The lowest BCUT2D eigenvalue weighted by molar-refractivity contribution is 0.850. The number of halogens is 1. The molecule has 0 aliphatic heterocycles. The van der Waals surface area contributed by atoms with Crippen LogP contribution in [0.15, 0.2) is 30.6 Å². The van der Waals surface area contributed by atoms with E-state index in [1.165, 1.54) is 11.9 Å². The van der Waals surface area contributed by atoms with E-state index in [1.54, 1.807) is 0 Å². The maximum Gasteiger partial charge on any atom is 0.136 e. The molecule has 2 nitrogen and oxygen atoms in total. The van der Waals surface area contributed by atoms with Crippen molar-refractivity contribution in [2.45, 2.75) is 26.7 Å². The summed E-state index contributed by atoms with van der Waals surface area (Å²) in [6.07, 6.45) is 1.52. The molecule has 0 aliphatic carbocycles. The number of aromatic nitrogens is 2. The predicted octanol–water partition coefficient (Wildman–Crippen LogP) is 4.23. The van der Waals surface area contributed by atoms with E-state index in [-0.39, 0.29) is 0 Å². The van der Waals surface area contributed by atoms with Gasteiger partial charge in [0.25, 0.3) is 0 Å². The van der Waals surface area contributed by atoms with Crippen molar-refractivity contribution in [3.8, 4) is 11.3 Å². The van der Waals surface area contributed by atoms with Gasteiger partial charge in [0.2, 0.25) is 0 Å². The van der Waals surface area contributed by atoms with Gasteiger partial charge in [-0.05, 0) is 12.8 Å². The Morgan fingerprint density at radius 3 is 2.29 bits per heavy atom. The van der Waals surface area contributed by atoms with E-state index in [0.29, 0.717) is 11.1 Å². The summed E-state index contributed by atoms with van der Waals surface area (Å²) in [7, 11) is 0. The summed E-state index contributed by atoms with van der Waals surface area (Å²) in [4.78, 5) is 8.42. The van der Waals surface area contributed by atoms with Gasteiger partial charge in [0.1, 0.15) is 11.5 Å². The minimum atomic E-state index is 0.306. The van der Waals surface area contributed by atoms with E-state index in [1.807, 2.05) is 0 Å². The third-order valence-corrected chi connectivity index (χ3v) is 3.04. The Balaban J connectivity index is 2.59. The standard InChI is InChI=1S/C14H15ClN2/c1-9(2)12-13(16-8-17-14(12)15)11-6-4-10(3)5-7-11/h4-9H,1-3H3. The minimum absolute atomic E-state index is 0.306. The van der Waals surface area contributed by atoms with Crippen molar-refractivity contribution in [3.05, 3.63) is 46.9 Å². The molecule has 88 valence electrons. The van der Waals surface area contributed by atoms with Gasteiger partial charge < -0.3 is 0 Å². The molecule has 2 aromatic rings. The first-order valence-electron chi connectivity index (χ1n) is 5.67. The lowest BCUT2D eigenvalue weighted by Gasteiger charge is -2.12. The Hall–Kier alpha value is -1.41. The molecule has 0 saturated heterocycles. The first-order chi connectivity index (χ1) is 8.09. The Morgan fingerprint density at radius 2 is 1.71 bits per heavy atom. The van der Waals surface area contributed by atoms with Crippen LogP contribution in [-0.4, -0.2) is 9.97 Å². The molecule has 1 aromatic heterocycles. The summed E-state index contributed by atoms with van der Waals surface area (Å²) in [6.45, 7) is 6.27. The molecule has 0 amide bonds. The van der Waals surface area contributed by atoms with Crippen molar-refractivity contribution in [3.63, 3.8) is 0 Å². The molecule has 0 unspecified atom stereocenters. The van der Waals surface area contributed by atoms with Crippen LogP contribution < -0.4 is 0 Å². The van der Waals surface area contributed by atoms with Crippen molar-refractivity contribution in [1.82, 2.24) is 9.97 Å². The highest BCUT2D eigenvalue weighted by molar-refractivity contribution is 6.30. The first kappa shape index (κ1) is 12.1. The highest BCUT2D eigenvalue weighted by Gasteiger charge is 2.14. The summed E-state index contributed by atoms with van der Waals surface area (Å²) in [5.41, 5.74) is 4.27. The van der Waals surface area contributed by atoms with E-state index in [4.69, 9.17) is 11.6 Å². The molecule has 0 bridgehead atoms. The van der Waals surface area contributed by atoms with Gasteiger partial charge in [0.05, 0.1) is 5.69 Å². The third-order valence-electron chi connectivity index (χ3n) is 2.74. The van der Waals surface area contributed by atoms with Crippen LogP contribution in [0.5, 0.6) is 0 Å². The van der Waals surface area contributed by atoms with Gasteiger partial charge in [-0.2, -0.15) is 0 Å². The fraction of sp³-hybridized carbons (Fsp3) is 0.286. The lowest BCUT2D eigenvalue weighted by atomic mass is 9.98. The molecule has 0 spiro atoms. The van der Waals surface area contributed by atoms with Gasteiger partial charge in [-0.25, -0.2) is 9.97 Å². The fourth-order valence-corrected chi connectivity index (χ4v) is 2.18. The van der Waals surface area contributed by atoms with Gasteiger partial charge in [-0.15, -0.1) is 0 Å². The summed E-state index contributed by atoms with van der Waals surface area (Å²) in [6, 6.07) is 8.30. The largest absolute Gasteiger partial charge is 0.236 e. The molecule has 17 heavy (non-hydrogen) atoms. The third kappa shape index (κ3) is 2.47. The highest BCUT2D eigenvalue weighted by atomic mass is 35.5. The molecule has 1 aromatic carbocycles. The SMILES string of the molecule is Cc1ccc(-c2ncnc(Cl)c2C(C)C)cc1. The maximum atomic E-state index is 6.15. The monoisotopic (exact) mass is 246 g/mol. The van der Waals surface area contributed by atoms with Crippen LogP contribution in [0.4, 0.5) is 0 Å². The van der Waals surface area contributed by atoms with Crippen molar-refractivity contribution in [2.24, 2.45) is 0 Å². The van der Waals surface area contributed by atoms with Gasteiger partial charge in [-0.3, -0.25) is 0 Å². The number of benzene rings is 1. The van der Waals surface area contributed by atoms with Crippen molar-refractivity contribution >= 4 is 11.6 Å². The maximum absolute atomic E-state index is 6.15. The number of rotatable bonds is 2. The summed E-state index contributed by atoms with van der Waals surface area (Å²) < 4.78 is 0. The molecule has 0 N–H and O–H groups in total. The molecule has 3 heteroatoms. The minimum Gasteiger partial charge on any atom is -0.236 e. The Labute approximate surface area is 107 Å². The molecular weight excluding hydrogens is 232 g/mol. The Kier molecular flexibility index (Phi) is 3.43. The Morgan fingerprint density at radius 1 is 1.06 bits per heavy atom. The second kappa shape index (κ2) is 4.84. The van der Waals surface area contributed by atoms with Crippen LogP contribution in [0.25, 0.3) is 11.3 Å². The number of aryl methyl sites for hydroxylation is 1. The fourth-order valence-electron chi connectivity index (χ4n) is 1.83. The van der Waals surface area contributed by atoms with Crippen molar-refractivity contribution in [1.29, 1.82) is 0 Å². The quantitative estimate of drug-likeness (QED) is 0.741. The molecule has 0 atom stereocenters. The Bertz CT molecular complexity index is 518. The average molecular weight is 247 g/mol. The first-order valence-corrected chi connectivity index (χ1v) is 6.05. The zero-order valence-corrected chi connectivity index (χ0v) is 11.0. The van der Waals surface area contributed by atoms with E-state index < -0.39 is 0 Å². The zero-order chi connectivity index (χ0) is 12.4. The average Bonchev–Trinajstić information content (AvgIpc) is 2.29. The predicted molar refractivity (Wildman–Crippen MR) is 71.3 cm³/mol. The summed E-state index contributed by atoms with van der Waals surface area (Å²) in [5, 5.41) is 0.547. The van der Waals surface area contributed by atoms with Gasteiger partial charge in [-0.1, -0.05) is 55.3 Å². The summed E-state index contributed by atoms with van der Waals surface area (Å²) in [5.74, 6) is 0.306. The van der Waals surface area contributed by atoms with Gasteiger partial charge in [0.15, 0.2) is 0 Å². The highest BCUT2D eigenvalue weighted by Crippen LogP contribution is 2.31. The van der Waals surface area contributed by atoms with E-state index >= 15 is 0 Å². The smallest absolute Gasteiger partial charge is 0.136 e. The van der Waals surface area contributed by atoms with Crippen LogP contribution in [-0.2, 0) is 0 Å². The van der Waals surface area contributed by atoms with Crippen LogP contribution in [0.3, 0.4) is 0 Å². The van der Waals surface area contributed by atoms with E-state index in [9.17, 15) is 0 Å². The van der Waals surface area contributed by atoms with Gasteiger partial charge in [0, 0.05) is 11.1 Å². The van der Waals surface area contributed by atoms with Crippen molar-refractivity contribution in [2.75, 3.05) is 0 Å². The molecular formula is C14H15ClN2. The zero-order valence-electron chi connectivity index (χ0n) is 10.2. The second-order valence-corrected chi connectivity index (χ2v) is 4.81. The normalized spacial score (nSPS) is 10.9. The topological polar surface area (TPSA) is 25.8 Å². The number of hydrogen-bond donors (Lipinski definition) is 0. The molecule has 2 rings (SSSR count). The van der Waals surface area contributed by atoms with Crippen LogP contribution in [0.1, 0.15) is 30.9 Å². The van der Waals surface area contributed by atoms with Crippen molar-refractivity contribution < 1.29 is 0 Å². The van der Waals surface area contributed by atoms with E-state index in [2.05, 4.69) is 55.0 Å². The molecule has 0 radical (unpaired) electrons. The molecule has 0 aliphatic rings. The van der Waals surface area contributed by atoms with Gasteiger partial charge >= 0.3 is 0 Å². The van der Waals surface area contributed by atoms with Crippen LogP contribution >= 0.6 is 11.6 Å². The number of nitrogens with zero attached hydrogens (tertiary/aromatic N) is 2. The van der Waals surface area contributed by atoms with Crippen LogP contribution in [0, 0.1) is 6.92 Å². The second-order valence-electron chi connectivity index (χ2n) is 4.45. The molecule has 0 fully saturated rings. The summed E-state index contributed by atoms with van der Waals surface area (Å²) >= 11 is 6.15.